The fourth-order valence-corrected chi connectivity index (χ4v) is 0.380. The number of halogens is 4. The van der Waals surface area contributed by atoms with E-state index in [4.69, 9.17) is 10.2 Å². The molecule has 0 aliphatic heterocycles. The van der Waals surface area contributed by atoms with Crippen LogP contribution in [0.15, 0.2) is 23.3 Å². The normalized spacial score (nSPS) is 14.3. The third-order valence-electron chi connectivity index (χ3n) is 0.954. The summed E-state index contributed by atoms with van der Waals surface area (Å²) >= 11 is 0. The van der Waals surface area contributed by atoms with Gasteiger partial charge in [-0.3, -0.25) is 0 Å². The van der Waals surface area contributed by atoms with Gasteiger partial charge < -0.3 is 10.2 Å². The molecule has 0 saturated carbocycles. The van der Waals surface area contributed by atoms with Gasteiger partial charge in [-0.2, -0.15) is 8.78 Å². The first kappa shape index (κ1) is 12.1. The molecule has 0 heterocycles. The minimum absolute atomic E-state index is 2.48. The summed E-state index contributed by atoms with van der Waals surface area (Å²) in [5.41, 5.74) is 0. The molecule has 0 aliphatic carbocycles. The lowest BCUT2D eigenvalue weighted by Crippen LogP contribution is -2.02. The fourth-order valence-electron chi connectivity index (χ4n) is 0.380. The number of carboxylic acid groups (broad SMARTS) is 2. The standard InChI is InChI=1S/C6H2F4O4/c7-1(3(9)5(11)12)2(8)4(10)6(13)14/h(H,11,12)(H,13,14)/b3-1+,4-2?. The summed E-state index contributed by atoms with van der Waals surface area (Å²) < 4.78 is 48.6. The van der Waals surface area contributed by atoms with Gasteiger partial charge in [0.1, 0.15) is 0 Å². The highest BCUT2D eigenvalue weighted by molar-refractivity contribution is 5.88. The molecule has 0 spiro atoms. The molecule has 0 aromatic heterocycles. The maximum atomic E-state index is 12.2. The van der Waals surface area contributed by atoms with Crippen LogP contribution in [0.25, 0.3) is 0 Å². The van der Waals surface area contributed by atoms with E-state index >= 15 is 0 Å². The van der Waals surface area contributed by atoms with E-state index in [1.807, 2.05) is 0 Å². The SMILES string of the molecule is O=C(O)C(F)=C(F)/C(F)=C(\F)C(=O)O. The lowest BCUT2D eigenvalue weighted by molar-refractivity contribution is -0.135. The van der Waals surface area contributed by atoms with Crippen LogP contribution in [0.1, 0.15) is 0 Å². The van der Waals surface area contributed by atoms with Crippen molar-refractivity contribution in [1.29, 1.82) is 0 Å². The Kier molecular flexibility index (Phi) is 3.81. The highest BCUT2D eigenvalue weighted by Gasteiger charge is 2.24. The van der Waals surface area contributed by atoms with Crippen LogP contribution in [-0.4, -0.2) is 22.2 Å². The van der Waals surface area contributed by atoms with E-state index in [9.17, 15) is 27.2 Å². The van der Waals surface area contributed by atoms with Gasteiger partial charge in [-0.1, -0.05) is 0 Å². The average molecular weight is 214 g/mol. The summed E-state index contributed by atoms with van der Waals surface area (Å²) in [5.74, 6) is -15.6. The number of carboxylic acids is 2. The van der Waals surface area contributed by atoms with Crippen LogP contribution >= 0.6 is 0 Å². The quantitative estimate of drug-likeness (QED) is 0.423. The van der Waals surface area contributed by atoms with Crippen molar-refractivity contribution in [1.82, 2.24) is 0 Å². The molecule has 0 bridgehead atoms. The van der Waals surface area contributed by atoms with E-state index < -0.39 is 35.2 Å². The van der Waals surface area contributed by atoms with Gasteiger partial charge in [0.05, 0.1) is 0 Å². The zero-order valence-electron chi connectivity index (χ0n) is 6.22. The number of rotatable bonds is 3. The van der Waals surface area contributed by atoms with Crippen LogP contribution in [0.5, 0.6) is 0 Å². The van der Waals surface area contributed by atoms with Crippen LogP contribution < -0.4 is 0 Å². The Labute approximate surface area is 73.8 Å². The van der Waals surface area contributed by atoms with E-state index in [1.54, 1.807) is 0 Å². The minimum Gasteiger partial charge on any atom is -0.476 e. The summed E-state index contributed by atoms with van der Waals surface area (Å²) in [6.45, 7) is 0. The zero-order chi connectivity index (χ0) is 11.5. The van der Waals surface area contributed by atoms with E-state index in [2.05, 4.69) is 0 Å². The van der Waals surface area contributed by atoms with Crippen molar-refractivity contribution in [3.8, 4) is 0 Å². The number of hydrogen-bond donors (Lipinski definition) is 2. The number of carbonyl (C=O) groups is 2. The topological polar surface area (TPSA) is 74.6 Å². The van der Waals surface area contributed by atoms with Gasteiger partial charge in [-0.15, -0.1) is 0 Å². The second-order valence-corrected chi connectivity index (χ2v) is 1.87. The lowest BCUT2D eigenvalue weighted by Gasteiger charge is -1.94. The molecule has 0 saturated heterocycles. The van der Waals surface area contributed by atoms with Crippen LogP contribution in [-0.2, 0) is 9.59 Å². The van der Waals surface area contributed by atoms with Gasteiger partial charge in [0, 0.05) is 0 Å². The Morgan fingerprint density at radius 2 is 0.857 bits per heavy atom. The Bertz CT molecular complexity index is 310. The van der Waals surface area contributed by atoms with Crippen molar-refractivity contribution in [2.45, 2.75) is 0 Å². The molecule has 0 unspecified atom stereocenters. The molecule has 14 heavy (non-hydrogen) atoms. The smallest absolute Gasteiger partial charge is 0.367 e. The minimum atomic E-state index is -2.71. The fraction of sp³-hybridized carbons (Fsp3) is 0. The van der Waals surface area contributed by atoms with Crippen molar-refractivity contribution in [2.24, 2.45) is 0 Å². The highest BCUT2D eigenvalue weighted by Crippen LogP contribution is 2.23. The van der Waals surface area contributed by atoms with Crippen molar-refractivity contribution >= 4 is 11.9 Å². The summed E-state index contributed by atoms with van der Waals surface area (Å²) in [4.78, 5) is 19.4. The zero-order valence-corrected chi connectivity index (χ0v) is 6.22. The van der Waals surface area contributed by atoms with E-state index in [0.717, 1.165) is 0 Å². The van der Waals surface area contributed by atoms with Crippen LogP contribution in [0.3, 0.4) is 0 Å². The Hall–Kier alpha value is -1.86. The van der Waals surface area contributed by atoms with Crippen LogP contribution in [0, 0.1) is 0 Å². The summed E-state index contributed by atoms with van der Waals surface area (Å²) in [6.07, 6.45) is 0. The highest BCUT2D eigenvalue weighted by atomic mass is 19.2. The molecule has 0 aromatic carbocycles. The summed E-state index contributed by atoms with van der Waals surface area (Å²) in [5, 5.41) is 15.6. The first-order valence-electron chi connectivity index (χ1n) is 2.86. The van der Waals surface area contributed by atoms with E-state index in [-0.39, 0.29) is 0 Å². The molecule has 0 fully saturated rings. The monoisotopic (exact) mass is 214 g/mol. The largest absolute Gasteiger partial charge is 0.476 e. The molecule has 0 amide bonds. The lowest BCUT2D eigenvalue weighted by atomic mass is 10.3. The van der Waals surface area contributed by atoms with Crippen LogP contribution in [0.4, 0.5) is 17.6 Å². The molecule has 0 aromatic rings. The van der Waals surface area contributed by atoms with Gasteiger partial charge >= 0.3 is 11.9 Å². The maximum Gasteiger partial charge on any atom is 0.367 e. The molecule has 0 rings (SSSR count). The Morgan fingerprint density at radius 3 is 1.00 bits per heavy atom. The molecule has 0 radical (unpaired) electrons. The number of allylic oxidation sites excluding steroid dienone is 2. The second kappa shape index (κ2) is 4.40. The molecule has 2 N–H and O–H groups in total. The van der Waals surface area contributed by atoms with Crippen molar-refractivity contribution in [3.05, 3.63) is 23.3 Å². The van der Waals surface area contributed by atoms with Crippen molar-refractivity contribution in [3.63, 3.8) is 0 Å². The molecule has 0 aliphatic rings. The molecule has 0 atom stereocenters. The third-order valence-corrected chi connectivity index (χ3v) is 0.954. The number of hydrogen-bond acceptors (Lipinski definition) is 2. The van der Waals surface area contributed by atoms with Gasteiger partial charge in [0.2, 0.25) is 23.3 Å². The summed E-state index contributed by atoms with van der Waals surface area (Å²) in [6, 6.07) is 0. The van der Waals surface area contributed by atoms with E-state index in [1.165, 1.54) is 0 Å². The molecule has 78 valence electrons. The Balaban J connectivity index is 5.35. The average Bonchev–Trinajstić information content (AvgIpc) is 2.12. The van der Waals surface area contributed by atoms with Crippen molar-refractivity contribution in [2.75, 3.05) is 0 Å². The van der Waals surface area contributed by atoms with Gasteiger partial charge in [-0.25, -0.2) is 18.4 Å². The van der Waals surface area contributed by atoms with Gasteiger partial charge in [-0.05, 0) is 0 Å². The predicted molar refractivity (Wildman–Crippen MR) is 33.8 cm³/mol. The summed E-state index contributed by atoms with van der Waals surface area (Å²) in [7, 11) is 0. The first-order chi connectivity index (χ1) is 6.29. The third kappa shape index (κ3) is 2.57. The second-order valence-electron chi connectivity index (χ2n) is 1.87. The number of aliphatic carboxylic acids is 2. The first-order valence-corrected chi connectivity index (χ1v) is 2.86. The van der Waals surface area contributed by atoms with Crippen molar-refractivity contribution < 1.29 is 37.4 Å². The van der Waals surface area contributed by atoms with E-state index in [0.29, 0.717) is 0 Å². The maximum absolute atomic E-state index is 12.2. The molecule has 8 heteroatoms. The van der Waals surface area contributed by atoms with Gasteiger partial charge in [0.25, 0.3) is 0 Å². The predicted octanol–water partition coefficient (Wildman–Crippen LogP) is 1.46. The van der Waals surface area contributed by atoms with Gasteiger partial charge in [0.15, 0.2) is 0 Å². The van der Waals surface area contributed by atoms with Crippen LogP contribution in [0.2, 0.25) is 0 Å². The molecule has 4 nitrogen and oxygen atoms in total. The molecular formula is C6H2F4O4. The Morgan fingerprint density at radius 1 is 0.643 bits per heavy atom. The molecular weight excluding hydrogens is 212 g/mol.